The number of hydrogen-bond donors (Lipinski definition) is 1. The number of nitrogens with one attached hydrogen (secondary N) is 1. The van der Waals surface area contributed by atoms with Crippen LogP contribution in [0.1, 0.15) is 0 Å². The van der Waals surface area contributed by atoms with Gasteiger partial charge in [-0.25, -0.2) is 9.97 Å². The van der Waals surface area contributed by atoms with E-state index >= 15 is 0 Å². The van der Waals surface area contributed by atoms with Gasteiger partial charge in [-0.3, -0.25) is 0 Å². The first-order chi connectivity index (χ1) is 8.31. The van der Waals surface area contributed by atoms with Crippen molar-refractivity contribution in [2.24, 2.45) is 0 Å². The molecule has 0 atom stereocenters. The fourth-order valence-corrected chi connectivity index (χ4v) is 1.73. The number of fused-ring (bicyclic) bond motifs is 1. The molecule has 0 bridgehead atoms. The molecule has 0 saturated heterocycles. The molecule has 0 aliphatic carbocycles. The van der Waals surface area contributed by atoms with E-state index in [2.05, 4.69) is 15.0 Å². The Bertz CT molecular complexity index is 665. The molecule has 0 fully saturated rings. The van der Waals surface area contributed by atoms with Crippen LogP contribution in [0.2, 0.25) is 5.15 Å². The molecule has 0 amide bonds. The van der Waals surface area contributed by atoms with Crippen LogP contribution >= 0.6 is 11.6 Å². The van der Waals surface area contributed by atoms with Crippen LogP contribution in [0.4, 0.5) is 0 Å². The molecular weight excluding hydrogens is 238 g/mol. The Kier molecular flexibility index (Phi) is 2.42. The fourth-order valence-electron chi connectivity index (χ4n) is 1.59. The maximum absolute atomic E-state index is 5.75. The Morgan fingerprint density at radius 3 is 2.94 bits per heavy atom. The van der Waals surface area contributed by atoms with Gasteiger partial charge in [0.05, 0.1) is 0 Å². The number of halogens is 1. The van der Waals surface area contributed by atoms with Crippen molar-refractivity contribution in [3.8, 4) is 11.6 Å². The van der Waals surface area contributed by atoms with Crippen LogP contribution in [0.25, 0.3) is 10.9 Å². The maximum Gasteiger partial charge on any atom is 0.223 e. The van der Waals surface area contributed by atoms with E-state index in [1.54, 1.807) is 6.07 Å². The van der Waals surface area contributed by atoms with E-state index in [9.17, 15) is 0 Å². The predicted molar refractivity (Wildman–Crippen MR) is 65.4 cm³/mol. The van der Waals surface area contributed by atoms with E-state index in [1.165, 1.54) is 6.33 Å². The quantitative estimate of drug-likeness (QED) is 0.704. The van der Waals surface area contributed by atoms with Crippen LogP contribution in [0.5, 0.6) is 11.6 Å². The second-order valence-electron chi connectivity index (χ2n) is 3.51. The molecule has 0 spiro atoms. The first-order valence-corrected chi connectivity index (χ1v) is 5.41. The summed E-state index contributed by atoms with van der Waals surface area (Å²) in [5.74, 6) is 1.15. The van der Waals surface area contributed by atoms with E-state index in [1.807, 2.05) is 30.5 Å². The van der Waals surface area contributed by atoms with Crippen LogP contribution in [0.15, 0.2) is 42.9 Å². The van der Waals surface area contributed by atoms with E-state index in [-0.39, 0.29) is 0 Å². The number of hydrogen-bond acceptors (Lipinski definition) is 3. The summed E-state index contributed by atoms with van der Waals surface area (Å²) in [4.78, 5) is 10.9. The summed E-state index contributed by atoms with van der Waals surface area (Å²) in [7, 11) is 0. The Morgan fingerprint density at radius 2 is 2.06 bits per heavy atom. The van der Waals surface area contributed by atoms with E-state index < -0.39 is 0 Å². The third-order valence-corrected chi connectivity index (χ3v) is 2.56. The molecule has 0 radical (unpaired) electrons. The molecule has 0 unspecified atom stereocenters. The van der Waals surface area contributed by atoms with Gasteiger partial charge in [0.1, 0.15) is 17.2 Å². The minimum Gasteiger partial charge on any atom is -0.439 e. The zero-order valence-electron chi connectivity index (χ0n) is 8.72. The van der Waals surface area contributed by atoms with Gasteiger partial charge in [0.15, 0.2) is 0 Å². The summed E-state index contributed by atoms with van der Waals surface area (Å²) in [6.45, 7) is 0. The van der Waals surface area contributed by atoms with Crippen molar-refractivity contribution in [1.82, 2.24) is 15.0 Å². The third-order valence-electron chi connectivity index (χ3n) is 2.36. The highest BCUT2D eigenvalue weighted by atomic mass is 35.5. The number of benzene rings is 1. The molecular formula is C12H8ClN3O. The lowest BCUT2D eigenvalue weighted by Crippen LogP contribution is -1.88. The van der Waals surface area contributed by atoms with Crippen molar-refractivity contribution in [3.05, 3.63) is 48.0 Å². The van der Waals surface area contributed by atoms with Crippen molar-refractivity contribution in [1.29, 1.82) is 0 Å². The van der Waals surface area contributed by atoms with Gasteiger partial charge in [-0.2, -0.15) is 0 Å². The van der Waals surface area contributed by atoms with Gasteiger partial charge in [-0.15, -0.1) is 0 Å². The molecule has 0 aliphatic heterocycles. The van der Waals surface area contributed by atoms with Crippen LogP contribution in [-0.4, -0.2) is 15.0 Å². The summed E-state index contributed by atoms with van der Waals surface area (Å²) < 4.78 is 5.59. The number of nitrogens with zero attached hydrogens (tertiary/aromatic N) is 2. The molecule has 1 aromatic carbocycles. The van der Waals surface area contributed by atoms with Gasteiger partial charge >= 0.3 is 0 Å². The first-order valence-electron chi connectivity index (χ1n) is 5.04. The molecule has 1 N–H and O–H groups in total. The predicted octanol–water partition coefficient (Wildman–Crippen LogP) is 3.40. The smallest absolute Gasteiger partial charge is 0.223 e. The van der Waals surface area contributed by atoms with Gasteiger partial charge in [-0.05, 0) is 24.3 Å². The normalized spacial score (nSPS) is 10.6. The number of aromatic amines is 1. The Hall–Kier alpha value is -2.07. The number of aromatic nitrogens is 3. The average molecular weight is 246 g/mol. The molecule has 4 nitrogen and oxygen atoms in total. The van der Waals surface area contributed by atoms with Crippen molar-refractivity contribution < 1.29 is 4.74 Å². The molecule has 0 aliphatic rings. The summed E-state index contributed by atoms with van der Waals surface area (Å²) in [5.41, 5.74) is 1.07. The SMILES string of the molecule is Clc1cc(Oc2ccc3[nH]ccc3c2)ncn1. The summed E-state index contributed by atoms with van der Waals surface area (Å²) in [5, 5.41) is 1.44. The zero-order chi connectivity index (χ0) is 11.7. The average Bonchev–Trinajstić information content (AvgIpc) is 2.76. The molecule has 0 saturated carbocycles. The van der Waals surface area contributed by atoms with Crippen LogP contribution in [0.3, 0.4) is 0 Å². The lowest BCUT2D eigenvalue weighted by atomic mass is 10.2. The second kappa shape index (κ2) is 4.07. The van der Waals surface area contributed by atoms with E-state index in [0.29, 0.717) is 16.8 Å². The lowest BCUT2D eigenvalue weighted by molar-refractivity contribution is 0.462. The molecule has 3 aromatic rings. The topological polar surface area (TPSA) is 50.8 Å². The van der Waals surface area contributed by atoms with Crippen LogP contribution in [-0.2, 0) is 0 Å². The molecule has 17 heavy (non-hydrogen) atoms. The number of rotatable bonds is 2. The molecule has 84 valence electrons. The van der Waals surface area contributed by atoms with Crippen molar-refractivity contribution in [2.75, 3.05) is 0 Å². The molecule has 5 heteroatoms. The highest BCUT2D eigenvalue weighted by Gasteiger charge is 2.02. The summed E-state index contributed by atoms with van der Waals surface area (Å²) >= 11 is 5.75. The van der Waals surface area contributed by atoms with Crippen LogP contribution in [0, 0.1) is 0 Å². The van der Waals surface area contributed by atoms with Crippen molar-refractivity contribution in [3.63, 3.8) is 0 Å². The van der Waals surface area contributed by atoms with Gasteiger partial charge in [-0.1, -0.05) is 11.6 Å². The van der Waals surface area contributed by atoms with Gasteiger partial charge < -0.3 is 9.72 Å². The maximum atomic E-state index is 5.75. The fraction of sp³-hybridized carbons (Fsp3) is 0. The van der Waals surface area contributed by atoms with Crippen LogP contribution < -0.4 is 4.74 Å². The standard InChI is InChI=1S/C12H8ClN3O/c13-11-6-12(16-7-15-11)17-9-1-2-10-8(5-9)3-4-14-10/h1-7,14H. The van der Waals surface area contributed by atoms with Crippen molar-refractivity contribution >= 4 is 22.5 Å². The lowest BCUT2D eigenvalue weighted by Gasteiger charge is -2.04. The van der Waals surface area contributed by atoms with E-state index in [4.69, 9.17) is 16.3 Å². The van der Waals surface area contributed by atoms with Gasteiger partial charge in [0, 0.05) is 23.2 Å². The number of H-pyrrole nitrogens is 1. The first kappa shape index (κ1) is 10.1. The highest BCUT2D eigenvalue weighted by molar-refractivity contribution is 6.29. The molecule has 2 heterocycles. The van der Waals surface area contributed by atoms with E-state index in [0.717, 1.165) is 10.9 Å². The second-order valence-corrected chi connectivity index (χ2v) is 3.90. The number of ether oxygens (including phenoxy) is 1. The van der Waals surface area contributed by atoms with Gasteiger partial charge in [0.2, 0.25) is 5.88 Å². The minimum atomic E-state index is 0.359. The molecule has 3 rings (SSSR count). The highest BCUT2D eigenvalue weighted by Crippen LogP contribution is 2.24. The Labute approximate surface area is 102 Å². The minimum absolute atomic E-state index is 0.359. The summed E-state index contributed by atoms with van der Waals surface area (Å²) in [6.07, 6.45) is 3.25. The Balaban J connectivity index is 1.94. The summed E-state index contributed by atoms with van der Waals surface area (Å²) in [6, 6.07) is 9.31. The zero-order valence-corrected chi connectivity index (χ0v) is 9.48. The van der Waals surface area contributed by atoms with Crippen molar-refractivity contribution in [2.45, 2.75) is 0 Å². The van der Waals surface area contributed by atoms with Gasteiger partial charge in [0.25, 0.3) is 0 Å². The third kappa shape index (κ3) is 2.07. The Morgan fingerprint density at radius 1 is 1.12 bits per heavy atom. The monoisotopic (exact) mass is 245 g/mol. The largest absolute Gasteiger partial charge is 0.439 e. The molecule has 2 aromatic heterocycles.